The topological polar surface area (TPSA) is 18.5 Å². The molecule has 4 rings (SSSR count). The maximum absolute atomic E-state index is 13.3. The number of anilines is 1. The number of nitrogens with zero attached hydrogens (tertiary/aromatic N) is 2. The largest absolute Gasteiger partial charge is 0.319 e. The third-order valence-electron chi connectivity index (χ3n) is 5.48. The van der Waals surface area contributed by atoms with E-state index in [0.29, 0.717) is 19.1 Å². The second-order valence-corrected chi connectivity index (χ2v) is 7.24. The second-order valence-electron chi connectivity index (χ2n) is 7.24. The molecule has 0 bridgehead atoms. The minimum absolute atomic E-state index is 0.0787. The van der Waals surface area contributed by atoms with Gasteiger partial charge in [0.05, 0.1) is 6.04 Å². The van der Waals surface area contributed by atoms with Gasteiger partial charge in [0.25, 0.3) is 5.92 Å². The lowest BCUT2D eigenvalue weighted by atomic mass is 9.97. The number of hydrazine groups is 1. The normalized spacial score (nSPS) is 23.0. The molecule has 0 saturated carbocycles. The van der Waals surface area contributed by atoms with Gasteiger partial charge in [-0.1, -0.05) is 43.3 Å². The first kappa shape index (κ1) is 17.4. The predicted molar refractivity (Wildman–Crippen MR) is 100 cm³/mol. The molecule has 0 amide bonds. The van der Waals surface area contributed by atoms with Crippen molar-refractivity contribution in [3.63, 3.8) is 0 Å². The number of fused-ring (bicyclic) bond motifs is 1. The Kier molecular flexibility index (Phi) is 4.67. The van der Waals surface area contributed by atoms with E-state index in [0.717, 1.165) is 18.8 Å². The van der Waals surface area contributed by atoms with E-state index >= 15 is 0 Å². The number of benzene rings is 2. The highest BCUT2D eigenvalue weighted by Gasteiger charge is 2.34. The highest BCUT2D eigenvalue weighted by atomic mass is 19.3. The number of alkyl halides is 2. The molecule has 0 radical (unpaired) electrons. The van der Waals surface area contributed by atoms with Gasteiger partial charge in [0, 0.05) is 38.2 Å². The zero-order valence-corrected chi connectivity index (χ0v) is 15.1. The number of piperidine rings is 1. The van der Waals surface area contributed by atoms with Crippen molar-refractivity contribution in [2.75, 3.05) is 25.1 Å². The molecular weight excluding hydrogens is 332 g/mol. The van der Waals surface area contributed by atoms with Crippen molar-refractivity contribution < 1.29 is 8.78 Å². The van der Waals surface area contributed by atoms with Crippen LogP contribution in [0.4, 0.5) is 14.5 Å². The summed E-state index contributed by atoms with van der Waals surface area (Å²) >= 11 is 0. The lowest BCUT2D eigenvalue weighted by molar-refractivity contribution is -0.0506. The molecule has 2 aromatic rings. The van der Waals surface area contributed by atoms with Gasteiger partial charge in [0.2, 0.25) is 0 Å². The summed E-state index contributed by atoms with van der Waals surface area (Å²) in [6.45, 7) is 4.84. The Hall–Kier alpha value is -1.98. The maximum atomic E-state index is 13.3. The summed E-state index contributed by atoms with van der Waals surface area (Å²) in [6, 6.07) is 17.3. The van der Waals surface area contributed by atoms with Crippen LogP contribution in [-0.4, -0.2) is 35.5 Å². The van der Waals surface area contributed by atoms with Gasteiger partial charge in [0.1, 0.15) is 0 Å². The molecule has 138 valence electrons. The number of nitrogens with one attached hydrogen (secondary N) is 1. The molecule has 1 saturated heterocycles. The van der Waals surface area contributed by atoms with Crippen molar-refractivity contribution in [2.24, 2.45) is 0 Å². The zero-order chi connectivity index (χ0) is 18.1. The van der Waals surface area contributed by atoms with Gasteiger partial charge in [0.15, 0.2) is 0 Å². The molecule has 1 N–H and O–H groups in total. The molecule has 2 aliphatic heterocycles. The standard InChI is InChI=1S/C21H25F2N3/c1-2-25-15-17-14-18(24-26-12-10-21(22,23)11-13-26)8-9-19(17)20(25)16-6-4-3-5-7-16/h3-9,14,20,24H,2,10-13,15H2,1H3. The number of halogens is 2. The van der Waals surface area contributed by atoms with Gasteiger partial charge >= 0.3 is 0 Å². The van der Waals surface area contributed by atoms with Crippen molar-refractivity contribution in [2.45, 2.75) is 38.3 Å². The molecular formula is C21H25F2N3. The lowest BCUT2D eigenvalue weighted by Gasteiger charge is -2.32. The lowest BCUT2D eigenvalue weighted by Crippen LogP contribution is -2.42. The number of rotatable bonds is 4. The summed E-state index contributed by atoms with van der Waals surface area (Å²) in [7, 11) is 0. The SMILES string of the molecule is CCN1Cc2cc(NN3CCC(F)(F)CC3)ccc2C1c1ccccc1. The van der Waals surface area contributed by atoms with E-state index in [1.165, 1.54) is 16.7 Å². The molecule has 2 heterocycles. The Morgan fingerprint density at radius 2 is 1.81 bits per heavy atom. The van der Waals surface area contributed by atoms with Crippen LogP contribution in [-0.2, 0) is 6.54 Å². The Labute approximate surface area is 153 Å². The van der Waals surface area contributed by atoms with Crippen LogP contribution in [0.25, 0.3) is 0 Å². The van der Waals surface area contributed by atoms with E-state index in [4.69, 9.17) is 0 Å². The van der Waals surface area contributed by atoms with Gasteiger partial charge in [-0.2, -0.15) is 0 Å². The van der Waals surface area contributed by atoms with E-state index in [1.54, 1.807) is 0 Å². The van der Waals surface area contributed by atoms with Gasteiger partial charge in [-0.25, -0.2) is 13.8 Å². The molecule has 1 unspecified atom stereocenters. The van der Waals surface area contributed by atoms with E-state index < -0.39 is 5.92 Å². The molecule has 26 heavy (non-hydrogen) atoms. The molecule has 3 nitrogen and oxygen atoms in total. The fourth-order valence-corrected chi connectivity index (χ4v) is 4.03. The molecule has 5 heteroatoms. The van der Waals surface area contributed by atoms with Crippen molar-refractivity contribution >= 4 is 5.69 Å². The van der Waals surface area contributed by atoms with Crippen molar-refractivity contribution in [1.82, 2.24) is 9.91 Å². The Morgan fingerprint density at radius 3 is 2.50 bits per heavy atom. The Bertz CT molecular complexity index is 753. The fourth-order valence-electron chi connectivity index (χ4n) is 4.03. The first-order chi connectivity index (χ1) is 12.6. The monoisotopic (exact) mass is 357 g/mol. The highest BCUT2D eigenvalue weighted by molar-refractivity contribution is 5.52. The van der Waals surface area contributed by atoms with E-state index in [-0.39, 0.29) is 12.8 Å². The first-order valence-electron chi connectivity index (χ1n) is 9.37. The second kappa shape index (κ2) is 6.97. The summed E-state index contributed by atoms with van der Waals surface area (Å²) < 4.78 is 26.6. The molecule has 2 aromatic carbocycles. The summed E-state index contributed by atoms with van der Waals surface area (Å²) in [5.74, 6) is -2.51. The Morgan fingerprint density at radius 1 is 1.08 bits per heavy atom. The minimum atomic E-state index is -2.51. The van der Waals surface area contributed by atoms with Crippen molar-refractivity contribution in [1.29, 1.82) is 0 Å². The average molecular weight is 357 g/mol. The van der Waals surface area contributed by atoms with Gasteiger partial charge in [-0.05, 0) is 35.4 Å². The molecule has 1 fully saturated rings. The van der Waals surface area contributed by atoms with Crippen LogP contribution in [0.1, 0.15) is 42.5 Å². The zero-order valence-electron chi connectivity index (χ0n) is 15.1. The van der Waals surface area contributed by atoms with Crippen LogP contribution < -0.4 is 5.43 Å². The average Bonchev–Trinajstić information content (AvgIpc) is 3.02. The van der Waals surface area contributed by atoms with E-state index in [9.17, 15) is 8.78 Å². The van der Waals surface area contributed by atoms with Crippen LogP contribution in [0.5, 0.6) is 0 Å². The summed E-state index contributed by atoms with van der Waals surface area (Å²) in [4.78, 5) is 2.46. The summed E-state index contributed by atoms with van der Waals surface area (Å²) in [6.07, 6.45) is -0.157. The molecule has 1 atom stereocenters. The van der Waals surface area contributed by atoms with Gasteiger partial charge in [-0.15, -0.1) is 0 Å². The van der Waals surface area contributed by atoms with Crippen molar-refractivity contribution in [3.05, 3.63) is 65.2 Å². The number of hydrogen-bond donors (Lipinski definition) is 1. The van der Waals surface area contributed by atoms with Crippen LogP contribution in [0, 0.1) is 0 Å². The quantitative estimate of drug-likeness (QED) is 0.858. The first-order valence-corrected chi connectivity index (χ1v) is 9.37. The van der Waals surface area contributed by atoms with Crippen LogP contribution in [0.3, 0.4) is 0 Å². The molecule has 2 aliphatic rings. The third-order valence-corrected chi connectivity index (χ3v) is 5.48. The minimum Gasteiger partial charge on any atom is -0.319 e. The molecule has 0 aliphatic carbocycles. The molecule has 0 aromatic heterocycles. The summed E-state index contributed by atoms with van der Waals surface area (Å²) in [5, 5.41) is 1.90. The Balaban J connectivity index is 1.53. The van der Waals surface area contributed by atoms with Crippen LogP contribution in [0.15, 0.2) is 48.5 Å². The third kappa shape index (κ3) is 3.46. The highest BCUT2D eigenvalue weighted by Crippen LogP contribution is 2.39. The van der Waals surface area contributed by atoms with Crippen LogP contribution in [0.2, 0.25) is 0 Å². The van der Waals surface area contributed by atoms with E-state index in [2.05, 4.69) is 59.7 Å². The fraction of sp³-hybridized carbons (Fsp3) is 0.429. The van der Waals surface area contributed by atoms with Gasteiger partial charge < -0.3 is 5.43 Å². The van der Waals surface area contributed by atoms with Gasteiger partial charge in [-0.3, -0.25) is 4.90 Å². The van der Waals surface area contributed by atoms with E-state index in [1.807, 2.05) is 11.1 Å². The number of hydrogen-bond acceptors (Lipinski definition) is 3. The van der Waals surface area contributed by atoms with Crippen LogP contribution >= 0.6 is 0 Å². The maximum Gasteiger partial charge on any atom is 0.250 e. The van der Waals surface area contributed by atoms with Crippen molar-refractivity contribution in [3.8, 4) is 0 Å². The smallest absolute Gasteiger partial charge is 0.250 e. The predicted octanol–water partition coefficient (Wildman–Crippen LogP) is 4.67. The summed E-state index contributed by atoms with van der Waals surface area (Å²) in [5.41, 5.74) is 8.27. The molecule has 0 spiro atoms.